The first-order chi connectivity index (χ1) is 9.58. The number of aliphatic hydroxyl groups is 1. The van der Waals surface area contributed by atoms with Gasteiger partial charge >= 0.3 is 0 Å². The van der Waals surface area contributed by atoms with E-state index >= 15 is 0 Å². The Morgan fingerprint density at radius 3 is 2.50 bits per heavy atom. The maximum atomic E-state index is 12.7. The molecular formula is C16H27NO2S. The highest BCUT2D eigenvalue weighted by Crippen LogP contribution is 2.25. The van der Waals surface area contributed by atoms with Crippen LogP contribution in [0.15, 0.2) is 6.07 Å². The highest BCUT2D eigenvalue weighted by atomic mass is 32.1. The van der Waals surface area contributed by atoms with Crippen molar-refractivity contribution < 1.29 is 9.90 Å². The Balaban J connectivity index is 2.96. The monoisotopic (exact) mass is 297 g/mol. The highest BCUT2D eigenvalue weighted by Gasteiger charge is 2.23. The van der Waals surface area contributed by atoms with Gasteiger partial charge in [0.2, 0.25) is 0 Å². The van der Waals surface area contributed by atoms with Crippen molar-refractivity contribution in [3.05, 3.63) is 21.4 Å². The van der Waals surface area contributed by atoms with Crippen molar-refractivity contribution in [2.24, 2.45) is 0 Å². The van der Waals surface area contributed by atoms with Crippen molar-refractivity contribution in [3.63, 3.8) is 0 Å². The minimum absolute atomic E-state index is 0.0222. The largest absolute Gasteiger partial charge is 0.395 e. The summed E-state index contributed by atoms with van der Waals surface area (Å²) in [5.74, 6) is 0.0724. The lowest BCUT2D eigenvalue weighted by Crippen LogP contribution is -2.41. The SMILES string of the molecule is CCCc1cc(C(=O)N(CCO)C(CC)CC)sc1C. The highest BCUT2D eigenvalue weighted by molar-refractivity contribution is 7.14. The van der Waals surface area contributed by atoms with Crippen LogP contribution in [0.3, 0.4) is 0 Å². The zero-order valence-electron chi connectivity index (χ0n) is 13.1. The molecule has 3 nitrogen and oxygen atoms in total. The van der Waals surface area contributed by atoms with Gasteiger partial charge in [0.25, 0.3) is 5.91 Å². The summed E-state index contributed by atoms with van der Waals surface area (Å²) in [6.45, 7) is 8.86. The lowest BCUT2D eigenvalue weighted by Gasteiger charge is -2.29. The van der Waals surface area contributed by atoms with Crippen molar-refractivity contribution in [1.29, 1.82) is 0 Å². The lowest BCUT2D eigenvalue weighted by atomic mass is 10.1. The first-order valence-corrected chi connectivity index (χ1v) is 8.41. The molecule has 0 atom stereocenters. The average Bonchev–Trinajstić information content (AvgIpc) is 2.80. The van der Waals surface area contributed by atoms with Gasteiger partial charge in [-0.2, -0.15) is 0 Å². The van der Waals surface area contributed by atoms with Gasteiger partial charge in [0.1, 0.15) is 0 Å². The zero-order chi connectivity index (χ0) is 15.1. The number of hydrogen-bond donors (Lipinski definition) is 1. The molecule has 0 aliphatic carbocycles. The molecule has 114 valence electrons. The van der Waals surface area contributed by atoms with Gasteiger partial charge in [-0.3, -0.25) is 4.79 Å². The topological polar surface area (TPSA) is 40.5 Å². The smallest absolute Gasteiger partial charge is 0.264 e. The number of carbonyl (C=O) groups excluding carboxylic acids is 1. The molecule has 0 radical (unpaired) electrons. The van der Waals surface area contributed by atoms with Gasteiger partial charge in [0, 0.05) is 17.5 Å². The Morgan fingerprint density at radius 2 is 2.00 bits per heavy atom. The van der Waals surface area contributed by atoms with E-state index in [-0.39, 0.29) is 18.6 Å². The second-order valence-electron chi connectivity index (χ2n) is 5.13. The molecule has 4 heteroatoms. The van der Waals surface area contributed by atoms with Gasteiger partial charge in [0.05, 0.1) is 11.5 Å². The van der Waals surface area contributed by atoms with Gasteiger partial charge in [-0.25, -0.2) is 0 Å². The number of aryl methyl sites for hydroxylation is 2. The third-order valence-corrected chi connectivity index (χ3v) is 4.82. The second-order valence-corrected chi connectivity index (χ2v) is 6.39. The van der Waals surface area contributed by atoms with E-state index in [1.807, 2.05) is 11.0 Å². The molecule has 0 aliphatic rings. The number of rotatable bonds is 8. The van der Waals surface area contributed by atoms with E-state index in [0.29, 0.717) is 6.54 Å². The van der Waals surface area contributed by atoms with E-state index in [9.17, 15) is 9.90 Å². The van der Waals surface area contributed by atoms with Crippen molar-refractivity contribution in [3.8, 4) is 0 Å². The van der Waals surface area contributed by atoms with Crippen LogP contribution in [0, 0.1) is 6.92 Å². The molecule has 0 spiro atoms. The van der Waals surface area contributed by atoms with E-state index < -0.39 is 0 Å². The minimum atomic E-state index is 0.0222. The standard InChI is InChI=1S/C16H27NO2S/c1-5-8-13-11-15(20-12(13)4)16(19)17(9-10-18)14(6-2)7-3/h11,14,18H,5-10H2,1-4H3. The number of amides is 1. The fourth-order valence-electron chi connectivity index (χ4n) is 2.57. The molecule has 1 rings (SSSR count). The van der Waals surface area contributed by atoms with E-state index in [4.69, 9.17) is 0 Å². The summed E-state index contributed by atoms with van der Waals surface area (Å²) < 4.78 is 0. The zero-order valence-corrected chi connectivity index (χ0v) is 13.9. The van der Waals surface area contributed by atoms with Crippen LogP contribution in [0.1, 0.15) is 60.1 Å². The number of hydrogen-bond acceptors (Lipinski definition) is 3. The Kier molecular flexibility index (Phi) is 7.24. The number of aliphatic hydroxyl groups excluding tert-OH is 1. The van der Waals surface area contributed by atoms with Crippen molar-refractivity contribution in [1.82, 2.24) is 4.90 Å². The van der Waals surface area contributed by atoms with Gasteiger partial charge in [-0.15, -0.1) is 11.3 Å². The third-order valence-electron chi connectivity index (χ3n) is 3.74. The lowest BCUT2D eigenvalue weighted by molar-refractivity contribution is 0.0627. The van der Waals surface area contributed by atoms with E-state index in [1.165, 1.54) is 10.4 Å². The molecule has 1 aromatic rings. The molecule has 1 N–H and O–H groups in total. The van der Waals surface area contributed by atoms with Crippen LogP contribution in [-0.2, 0) is 6.42 Å². The van der Waals surface area contributed by atoms with E-state index in [2.05, 4.69) is 27.7 Å². The normalized spacial score (nSPS) is 11.1. The maximum Gasteiger partial charge on any atom is 0.264 e. The molecule has 0 saturated heterocycles. The van der Waals surface area contributed by atoms with Crippen LogP contribution < -0.4 is 0 Å². The molecule has 0 fully saturated rings. The third kappa shape index (κ3) is 4.06. The van der Waals surface area contributed by atoms with Crippen molar-refractivity contribution in [2.45, 2.75) is 59.4 Å². The first kappa shape index (κ1) is 17.2. The first-order valence-electron chi connectivity index (χ1n) is 7.60. The Morgan fingerprint density at radius 1 is 1.35 bits per heavy atom. The van der Waals surface area contributed by atoms with Gasteiger partial charge in [0.15, 0.2) is 0 Å². The molecule has 20 heavy (non-hydrogen) atoms. The summed E-state index contributed by atoms with van der Waals surface area (Å²) in [6.07, 6.45) is 3.97. The molecule has 0 bridgehead atoms. The Labute approximate surface area is 126 Å². The van der Waals surface area contributed by atoms with E-state index in [1.54, 1.807) is 11.3 Å². The molecule has 0 aromatic carbocycles. The van der Waals surface area contributed by atoms with Crippen molar-refractivity contribution >= 4 is 17.2 Å². The van der Waals surface area contributed by atoms with E-state index in [0.717, 1.165) is 30.6 Å². The summed E-state index contributed by atoms with van der Waals surface area (Å²) in [6, 6.07) is 2.25. The predicted molar refractivity (Wildman–Crippen MR) is 85.5 cm³/mol. The number of carbonyl (C=O) groups is 1. The molecule has 0 unspecified atom stereocenters. The Hall–Kier alpha value is -0.870. The van der Waals surface area contributed by atoms with Crippen LogP contribution in [0.4, 0.5) is 0 Å². The molecule has 0 aliphatic heterocycles. The minimum Gasteiger partial charge on any atom is -0.395 e. The molecular weight excluding hydrogens is 270 g/mol. The fourth-order valence-corrected chi connectivity index (χ4v) is 3.60. The maximum absolute atomic E-state index is 12.7. The van der Waals surface area contributed by atoms with Crippen LogP contribution >= 0.6 is 11.3 Å². The van der Waals surface area contributed by atoms with Gasteiger partial charge < -0.3 is 10.0 Å². The van der Waals surface area contributed by atoms with Gasteiger partial charge in [-0.05, 0) is 37.8 Å². The Bertz CT molecular complexity index is 424. The quantitative estimate of drug-likeness (QED) is 0.796. The summed E-state index contributed by atoms with van der Waals surface area (Å²) in [4.78, 5) is 16.6. The fraction of sp³-hybridized carbons (Fsp3) is 0.688. The average molecular weight is 297 g/mol. The summed E-state index contributed by atoms with van der Waals surface area (Å²) in [5.41, 5.74) is 1.29. The van der Waals surface area contributed by atoms with Crippen LogP contribution in [-0.4, -0.2) is 35.1 Å². The summed E-state index contributed by atoms with van der Waals surface area (Å²) >= 11 is 1.58. The van der Waals surface area contributed by atoms with Gasteiger partial charge in [-0.1, -0.05) is 27.2 Å². The summed E-state index contributed by atoms with van der Waals surface area (Å²) in [7, 11) is 0. The van der Waals surface area contributed by atoms with Crippen molar-refractivity contribution in [2.75, 3.05) is 13.2 Å². The summed E-state index contributed by atoms with van der Waals surface area (Å²) in [5, 5.41) is 9.23. The number of thiophene rings is 1. The van der Waals surface area contributed by atoms with Crippen LogP contribution in [0.25, 0.3) is 0 Å². The number of nitrogens with zero attached hydrogens (tertiary/aromatic N) is 1. The predicted octanol–water partition coefficient (Wildman–Crippen LogP) is 3.63. The molecule has 0 saturated carbocycles. The molecule has 1 amide bonds. The molecule has 1 aromatic heterocycles. The van der Waals surface area contributed by atoms with Crippen LogP contribution in [0.2, 0.25) is 0 Å². The van der Waals surface area contributed by atoms with Crippen LogP contribution in [0.5, 0.6) is 0 Å². The molecule has 1 heterocycles. The second kappa shape index (κ2) is 8.42.